The number of anilines is 1. The van der Waals surface area contributed by atoms with E-state index in [1.54, 1.807) is 4.57 Å². The van der Waals surface area contributed by atoms with Crippen molar-refractivity contribution < 1.29 is 23.8 Å². The number of nitrogens with zero attached hydrogens (tertiary/aromatic N) is 3. The van der Waals surface area contributed by atoms with Gasteiger partial charge in [0.2, 0.25) is 5.95 Å². The van der Waals surface area contributed by atoms with Crippen molar-refractivity contribution in [2.75, 3.05) is 18.5 Å². The molecule has 0 spiro atoms. The molecular formula is C10H17N6O6P. The van der Waals surface area contributed by atoms with Crippen molar-refractivity contribution in [1.82, 2.24) is 25.7 Å². The van der Waals surface area contributed by atoms with Gasteiger partial charge in [0.15, 0.2) is 17.5 Å². The number of hydrogen-bond donors (Lipinski definition) is 4. The average Bonchev–Trinajstić information content (AvgIpc) is 2.96. The molecule has 0 amide bonds. The number of aromatic amines is 1. The first kappa shape index (κ1) is 17.5. The predicted octanol–water partition coefficient (Wildman–Crippen LogP) is -1.63. The van der Waals surface area contributed by atoms with E-state index < -0.39 is 31.7 Å². The molecule has 0 aromatic carbocycles. The van der Waals surface area contributed by atoms with E-state index in [4.69, 9.17) is 20.1 Å². The van der Waals surface area contributed by atoms with Gasteiger partial charge < -0.3 is 40.3 Å². The van der Waals surface area contributed by atoms with Crippen molar-refractivity contribution in [3.8, 4) is 0 Å². The fourth-order valence-electron chi connectivity index (χ4n) is 2.21. The Morgan fingerprint density at radius 3 is 3.04 bits per heavy atom. The number of fused-ring (bicyclic) bond motifs is 1. The van der Waals surface area contributed by atoms with Crippen LogP contribution in [0.4, 0.5) is 5.95 Å². The molecule has 3 heterocycles. The predicted molar refractivity (Wildman–Crippen MR) is 77.9 cm³/mol. The highest BCUT2D eigenvalue weighted by Gasteiger charge is 2.29. The summed E-state index contributed by atoms with van der Waals surface area (Å²) >= 11 is 0. The van der Waals surface area contributed by atoms with Crippen LogP contribution in [-0.4, -0.2) is 49.6 Å². The van der Waals surface area contributed by atoms with Crippen LogP contribution in [0.1, 0.15) is 0 Å². The molecule has 3 atom stereocenters. The topological polar surface area (TPSA) is 205 Å². The van der Waals surface area contributed by atoms with Crippen LogP contribution in [0.15, 0.2) is 11.1 Å². The zero-order valence-electron chi connectivity index (χ0n) is 12.2. The van der Waals surface area contributed by atoms with Gasteiger partial charge in [0, 0.05) is 0 Å². The molecule has 1 aliphatic rings. The van der Waals surface area contributed by atoms with Crippen LogP contribution in [0.5, 0.6) is 0 Å². The Hall–Kier alpha value is -1.82. The Morgan fingerprint density at radius 1 is 1.61 bits per heavy atom. The van der Waals surface area contributed by atoms with Gasteiger partial charge in [-0.2, -0.15) is 4.98 Å². The molecule has 1 aliphatic heterocycles. The maximum absolute atomic E-state index is 11.7. The summed E-state index contributed by atoms with van der Waals surface area (Å²) in [5.41, 5.74) is 5.49. The number of nitrogens with one attached hydrogen (secondary N) is 1. The van der Waals surface area contributed by atoms with Gasteiger partial charge in [0.25, 0.3) is 5.56 Å². The molecule has 13 heteroatoms. The number of nitrogens with two attached hydrogens (primary N) is 1. The van der Waals surface area contributed by atoms with Crippen LogP contribution >= 0.6 is 7.60 Å². The number of aromatic nitrogens is 4. The quantitative estimate of drug-likeness (QED) is 0.467. The summed E-state index contributed by atoms with van der Waals surface area (Å²) in [7, 11) is -4.46. The third-order valence-electron chi connectivity index (χ3n) is 3.09. The molecule has 2 aromatic heterocycles. The van der Waals surface area contributed by atoms with Crippen molar-refractivity contribution in [2.45, 2.75) is 18.9 Å². The number of hydrogen-bond acceptors (Lipinski definition) is 8. The number of imidazole rings is 1. The Labute approximate surface area is 129 Å². The lowest BCUT2D eigenvalue weighted by Gasteiger charge is -2.19. The summed E-state index contributed by atoms with van der Waals surface area (Å²) in [6.45, 7) is 0.389. The first-order chi connectivity index (χ1) is 10.3. The highest BCUT2D eigenvalue weighted by molar-refractivity contribution is 7.50. The van der Waals surface area contributed by atoms with Crippen LogP contribution in [0.3, 0.4) is 0 Å². The molecule has 12 nitrogen and oxygen atoms in total. The zero-order chi connectivity index (χ0) is 15.9. The van der Waals surface area contributed by atoms with Gasteiger partial charge in [-0.25, -0.2) is 4.98 Å². The second-order valence-electron chi connectivity index (χ2n) is 4.86. The third kappa shape index (κ3) is 3.93. The minimum atomic E-state index is -4.46. The number of rotatable bonds is 4. The summed E-state index contributed by atoms with van der Waals surface area (Å²) in [6, 6.07) is 0. The summed E-state index contributed by atoms with van der Waals surface area (Å²) < 4.78 is 22.9. The van der Waals surface area contributed by atoms with E-state index >= 15 is 0 Å². The van der Waals surface area contributed by atoms with E-state index in [0.717, 1.165) is 0 Å². The highest BCUT2D eigenvalue weighted by Crippen LogP contribution is 2.32. The third-order valence-corrected chi connectivity index (χ3v) is 3.85. The molecule has 2 aromatic rings. The van der Waals surface area contributed by atoms with Crippen LogP contribution in [0.2, 0.25) is 0 Å². The molecule has 0 bridgehead atoms. The van der Waals surface area contributed by atoms with Gasteiger partial charge in [0.1, 0.15) is 13.7 Å². The second-order valence-corrected chi connectivity index (χ2v) is 6.50. The van der Waals surface area contributed by atoms with Crippen molar-refractivity contribution >= 4 is 24.7 Å². The number of H-pyrrole nitrogens is 1. The van der Waals surface area contributed by atoms with Gasteiger partial charge in [0.05, 0.1) is 25.6 Å². The van der Waals surface area contributed by atoms with Gasteiger partial charge in [-0.05, 0) is 0 Å². The lowest BCUT2D eigenvalue weighted by Crippen LogP contribution is -2.22. The van der Waals surface area contributed by atoms with Gasteiger partial charge in [-0.3, -0.25) is 9.78 Å². The van der Waals surface area contributed by atoms with E-state index in [9.17, 15) is 14.3 Å². The Kier molecular flexibility index (Phi) is 4.84. The van der Waals surface area contributed by atoms with Crippen molar-refractivity contribution in [1.29, 1.82) is 0 Å². The van der Waals surface area contributed by atoms with E-state index in [0.29, 0.717) is 5.65 Å². The average molecular weight is 348 g/mol. The van der Waals surface area contributed by atoms with Crippen molar-refractivity contribution in [3.05, 3.63) is 16.7 Å². The summed E-state index contributed by atoms with van der Waals surface area (Å²) in [6.07, 6.45) is -0.683. The van der Waals surface area contributed by atoms with Crippen molar-refractivity contribution in [2.24, 2.45) is 0 Å². The Morgan fingerprint density at radius 2 is 2.35 bits per heavy atom. The maximum Gasteiger partial charge on any atom is 0.280 e. The molecule has 0 aliphatic carbocycles. The maximum atomic E-state index is 11.7. The molecule has 23 heavy (non-hydrogen) atoms. The van der Waals surface area contributed by atoms with Crippen LogP contribution < -0.4 is 22.3 Å². The molecule has 1 fully saturated rings. The SMILES string of the molecule is Nc1nc2c(ncn2CC2COC(CP(=O)([O-])O)O2)c(=O)[nH]1.[NH4+]. The first-order valence-electron chi connectivity index (χ1n) is 6.32. The lowest BCUT2D eigenvalue weighted by molar-refractivity contribution is -0.197. The summed E-state index contributed by atoms with van der Waals surface area (Å²) in [4.78, 5) is 41.5. The molecule has 1 saturated heterocycles. The minimum absolute atomic E-state index is 0. The lowest BCUT2D eigenvalue weighted by atomic mass is 10.4. The van der Waals surface area contributed by atoms with Gasteiger partial charge >= 0.3 is 0 Å². The largest absolute Gasteiger partial charge is 0.778 e. The molecule has 128 valence electrons. The monoisotopic (exact) mass is 348 g/mol. The van der Waals surface area contributed by atoms with E-state index in [-0.39, 0.29) is 30.8 Å². The smallest absolute Gasteiger partial charge is 0.280 e. The standard InChI is InChI=1S/C10H14N5O6P.H3N/c11-10-13-8-7(9(16)14-10)12-4-15(8)1-5-2-20-6(21-5)3-22(17,18)19;/h4-6H,1-3H2,(H2,17,18,19)(H3,11,13,14,16);1H3. The highest BCUT2D eigenvalue weighted by atomic mass is 31.2. The summed E-state index contributed by atoms with van der Waals surface area (Å²) in [5, 5.41) is 0. The normalized spacial score (nSPS) is 23.6. The van der Waals surface area contributed by atoms with Crippen LogP contribution in [-0.2, 0) is 20.6 Å². The molecule has 0 radical (unpaired) electrons. The molecular weight excluding hydrogens is 331 g/mol. The second kappa shape index (κ2) is 6.35. The zero-order valence-corrected chi connectivity index (χ0v) is 13.1. The number of quaternary nitrogens is 1. The molecule has 3 rings (SSSR count). The van der Waals surface area contributed by atoms with E-state index in [1.807, 2.05) is 0 Å². The van der Waals surface area contributed by atoms with E-state index in [1.165, 1.54) is 6.33 Å². The van der Waals surface area contributed by atoms with Crippen molar-refractivity contribution in [3.63, 3.8) is 0 Å². The van der Waals surface area contributed by atoms with Crippen LogP contribution in [0, 0.1) is 0 Å². The Balaban J connectivity index is 0.00000192. The molecule has 3 unspecified atom stereocenters. The number of ether oxygens (including phenoxy) is 2. The minimum Gasteiger partial charge on any atom is -0.778 e. The fourth-order valence-corrected chi connectivity index (χ4v) is 2.78. The fraction of sp³-hybridized carbons (Fsp3) is 0.500. The summed E-state index contributed by atoms with van der Waals surface area (Å²) in [5.74, 6) is -0.0340. The Bertz CT molecular complexity index is 799. The van der Waals surface area contributed by atoms with Gasteiger partial charge in [-0.15, -0.1) is 0 Å². The molecule has 8 N–H and O–H groups in total. The number of nitrogen functional groups attached to an aromatic ring is 1. The van der Waals surface area contributed by atoms with E-state index in [2.05, 4.69) is 15.0 Å². The molecule has 0 saturated carbocycles. The first-order valence-corrected chi connectivity index (χ1v) is 8.08. The van der Waals surface area contributed by atoms with Gasteiger partial charge in [-0.1, -0.05) is 0 Å². The van der Waals surface area contributed by atoms with Crippen LogP contribution in [0.25, 0.3) is 11.2 Å².